The summed E-state index contributed by atoms with van der Waals surface area (Å²) in [6.07, 6.45) is 6.93. The Hall–Kier alpha value is -0.810. The summed E-state index contributed by atoms with van der Waals surface area (Å²) in [4.78, 5) is 3.84. The summed E-state index contributed by atoms with van der Waals surface area (Å²) < 4.78 is 0. The first-order chi connectivity index (χ1) is 3.89. The van der Waals surface area contributed by atoms with E-state index in [0.29, 0.717) is 5.92 Å². The van der Waals surface area contributed by atoms with Crippen LogP contribution in [-0.4, -0.2) is 5.87 Å². The van der Waals surface area contributed by atoms with Gasteiger partial charge in [0.1, 0.15) is 0 Å². The Morgan fingerprint density at radius 3 is 3.50 bits per heavy atom. The van der Waals surface area contributed by atoms with Crippen molar-refractivity contribution in [2.75, 3.05) is 0 Å². The van der Waals surface area contributed by atoms with Gasteiger partial charge in [-0.25, -0.2) is 4.99 Å². The lowest BCUT2D eigenvalue weighted by Crippen LogP contribution is -1.83. The van der Waals surface area contributed by atoms with E-state index in [1.807, 2.05) is 6.08 Å². The van der Waals surface area contributed by atoms with Crippen LogP contribution >= 0.6 is 0 Å². The molecule has 0 saturated carbocycles. The fourth-order valence-electron chi connectivity index (χ4n) is 0.610. The lowest BCUT2D eigenvalue weighted by molar-refractivity contribution is 0.752. The Morgan fingerprint density at radius 1 is 1.75 bits per heavy atom. The lowest BCUT2D eigenvalue weighted by Gasteiger charge is -1.93. The third-order valence-corrected chi connectivity index (χ3v) is 1.12. The zero-order chi connectivity index (χ0) is 5.82. The molecule has 1 atom stereocenters. The van der Waals surface area contributed by atoms with Crippen LogP contribution in [0.4, 0.5) is 0 Å². The largest absolute Gasteiger partial charge is 0.215 e. The van der Waals surface area contributed by atoms with Gasteiger partial charge in [-0.1, -0.05) is 13.0 Å². The van der Waals surface area contributed by atoms with Gasteiger partial charge in [-0.2, -0.15) is 0 Å². The molecule has 0 radical (unpaired) electrons. The SMILES string of the molecule is CC1C=C=NC=CC1. The summed E-state index contributed by atoms with van der Waals surface area (Å²) in [7, 11) is 0. The molecule has 0 aromatic rings. The molecule has 1 unspecified atom stereocenters. The number of allylic oxidation sites excluding steroid dienone is 2. The van der Waals surface area contributed by atoms with Crippen molar-refractivity contribution < 1.29 is 0 Å². The molecule has 0 fully saturated rings. The zero-order valence-electron chi connectivity index (χ0n) is 4.96. The van der Waals surface area contributed by atoms with E-state index in [4.69, 9.17) is 0 Å². The van der Waals surface area contributed by atoms with Crippen LogP contribution in [0.1, 0.15) is 13.3 Å². The Kier molecular flexibility index (Phi) is 1.66. The summed E-state index contributed by atoms with van der Waals surface area (Å²) in [5, 5.41) is 0. The van der Waals surface area contributed by atoms with Crippen molar-refractivity contribution in [3.05, 3.63) is 18.4 Å². The van der Waals surface area contributed by atoms with Crippen molar-refractivity contribution in [3.8, 4) is 0 Å². The van der Waals surface area contributed by atoms with Gasteiger partial charge in [0.2, 0.25) is 0 Å². The molecule has 1 rings (SSSR count). The molecular weight excluding hydrogens is 98.1 g/mol. The molecule has 0 spiro atoms. The van der Waals surface area contributed by atoms with E-state index in [1.54, 1.807) is 6.20 Å². The van der Waals surface area contributed by atoms with E-state index < -0.39 is 0 Å². The third-order valence-electron chi connectivity index (χ3n) is 1.12. The minimum Gasteiger partial charge on any atom is -0.215 e. The smallest absolute Gasteiger partial charge is 0.0328 e. The van der Waals surface area contributed by atoms with Crippen LogP contribution in [-0.2, 0) is 0 Å². The van der Waals surface area contributed by atoms with Crippen LogP contribution < -0.4 is 0 Å². The second-order valence-corrected chi connectivity index (χ2v) is 2.02. The first-order valence-corrected chi connectivity index (χ1v) is 2.83. The first-order valence-electron chi connectivity index (χ1n) is 2.83. The van der Waals surface area contributed by atoms with Crippen molar-refractivity contribution in [2.45, 2.75) is 13.3 Å². The van der Waals surface area contributed by atoms with E-state index in [0.717, 1.165) is 6.42 Å². The van der Waals surface area contributed by atoms with Crippen LogP contribution in [0.2, 0.25) is 0 Å². The zero-order valence-corrected chi connectivity index (χ0v) is 4.96. The van der Waals surface area contributed by atoms with Crippen molar-refractivity contribution in [2.24, 2.45) is 10.9 Å². The molecule has 0 aromatic heterocycles. The monoisotopic (exact) mass is 107 g/mol. The highest BCUT2D eigenvalue weighted by atomic mass is 14.6. The van der Waals surface area contributed by atoms with Gasteiger partial charge in [0.15, 0.2) is 0 Å². The molecule has 0 N–H and O–H groups in total. The average Bonchev–Trinajstić information content (AvgIpc) is 1.94. The summed E-state index contributed by atoms with van der Waals surface area (Å²) in [6, 6.07) is 0. The van der Waals surface area contributed by atoms with Crippen LogP contribution in [0.3, 0.4) is 0 Å². The van der Waals surface area contributed by atoms with Gasteiger partial charge in [-0.05, 0) is 24.3 Å². The molecular formula is C7H9N. The Labute approximate surface area is 49.4 Å². The molecule has 1 heterocycles. The first kappa shape index (κ1) is 5.33. The molecule has 1 aliphatic rings. The molecule has 8 heavy (non-hydrogen) atoms. The maximum Gasteiger partial charge on any atom is 0.0328 e. The van der Waals surface area contributed by atoms with Gasteiger partial charge in [0.05, 0.1) is 0 Å². The van der Waals surface area contributed by atoms with E-state index in [1.165, 1.54) is 0 Å². The summed E-state index contributed by atoms with van der Waals surface area (Å²) in [5.41, 5.74) is 0. The molecule has 0 aliphatic carbocycles. The van der Waals surface area contributed by atoms with E-state index in [2.05, 4.69) is 23.9 Å². The molecule has 0 amide bonds. The van der Waals surface area contributed by atoms with E-state index >= 15 is 0 Å². The van der Waals surface area contributed by atoms with E-state index in [-0.39, 0.29) is 0 Å². The molecule has 1 aliphatic heterocycles. The van der Waals surface area contributed by atoms with Gasteiger partial charge >= 0.3 is 0 Å². The van der Waals surface area contributed by atoms with Gasteiger partial charge in [-0.3, -0.25) is 0 Å². The van der Waals surface area contributed by atoms with E-state index in [9.17, 15) is 0 Å². The number of hydrogen-bond acceptors (Lipinski definition) is 1. The predicted octanol–water partition coefficient (Wildman–Crippen LogP) is 1.77. The van der Waals surface area contributed by atoms with Gasteiger partial charge in [0.25, 0.3) is 0 Å². The Morgan fingerprint density at radius 2 is 2.62 bits per heavy atom. The number of hydrogen-bond donors (Lipinski definition) is 0. The Balaban J connectivity index is 2.69. The van der Waals surface area contributed by atoms with Gasteiger partial charge in [-0.15, -0.1) is 0 Å². The van der Waals surface area contributed by atoms with Crippen molar-refractivity contribution in [3.63, 3.8) is 0 Å². The van der Waals surface area contributed by atoms with Crippen LogP contribution in [0.5, 0.6) is 0 Å². The highest BCUT2D eigenvalue weighted by molar-refractivity contribution is 5.53. The highest BCUT2D eigenvalue weighted by Crippen LogP contribution is 2.03. The predicted molar refractivity (Wildman–Crippen MR) is 34.9 cm³/mol. The Bertz CT molecular complexity index is 150. The van der Waals surface area contributed by atoms with Crippen molar-refractivity contribution >= 4 is 5.87 Å². The van der Waals surface area contributed by atoms with Crippen LogP contribution in [0, 0.1) is 5.92 Å². The summed E-state index contributed by atoms with van der Waals surface area (Å²) in [6.45, 7) is 2.15. The second-order valence-electron chi connectivity index (χ2n) is 2.02. The molecule has 42 valence electrons. The maximum atomic E-state index is 3.84. The fraction of sp³-hybridized carbons (Fsp3) is 0.429. The topological polar surface area (TPSA) is 12.4 Å². The molecule has 1 nitrogen and oxygen atoms in total. The lowest BCUT2D eigenvalue weighted by atomic mass is 10.1. The normalized spacial score (nSPS) is 25.9. The molecule has 0 aromatic carbocycles. The third kappa shape index (κ3) is 1.36. The standard InChI is InChI=1S/C7H9N/c1-7-3-2-5-8-6-4-7/h2,4-5,7H,3H2,1H3. The quantitative estimate of drug-likeness (QED) is 0.447. The molecule has 1 heteroatoms. The summed E-state index contributed by atoms with van der Waals surface area (Å²) in [5.74, 6) is 3.42. The van der Waals surface area contributed by atoms with Crippen LogP contribution in [0.15, 0.2) is 23.3 Å². The fourth-order valence-corrected chi connectivity index (χ4v) is 0.610. The number of rotatable bonds is 0. The number of aliphatic imine (C=N–C) groups is 1. The maximum absolute atomic E-state index is 3.84. The minimum absolute atomic E-state index is 0.609. The van der Waals surface area contributed by atoms with Gasteiger partial charge < -0.3 is 0 Å². The minimum atomic E-state index is 0.609. The van der Waals surface area contributed by atoms with Gasteiger partial charge in [0, 0.05) is 6.20 Å². The molecule has 0 saturated heterocycles. The average molecular weight is 107 g/mol. The summed E-state index contributed by atoms with van der Waals surface area (Å²) >= 11 is 0. The highest BCUT2D eigenvalue weighted by Gasteiger charge is 1.92. The van der Waals surface area contributed by atoms with Crippen molar-refractivity contribution in [1.29, 1.82) is 0 Å². The second kappa shape index (κ2) is 2.49. The van der Waals surface area contributed by atoms with Crippen molar-refractivity contribution in [1.82, 2.24) is 0 Å². The van der Waals surface area contributed by atoms with Crippen LogP contribution in [0.25, 0.3) is 0 Å². The molecule has 0 bridgehead atoms. The number of nitrogens with zero attached hydrogens (tertiary/aromatic N) is 1.